The van der Waals surface area contributed by atoms with Crippen molar-refractivity contribution in [1.29, 1.82) is 0 Å². The van der Waals surface area contributed by atoms with Crippen LogP contribution in [0.3, 0.4) is 0 Å². The number of non-ortho nitro benzene ring substituents is 1. The van der Waals surface area contributed by atoms with Crippen molar-refractivity contribution in [2.45, 2.75) is 19.3 Å². The molecule has 0 aromatic heterocycles. The number of benzene rings is 1. The van der Waals surface area contributed by atoms with Crippen LogP contribution in [0.5, 0.6) is 0 Å². The molecule has 108 valence electrons. The van der Waals surface area contributed by atoms with E-state index in [1.54, 1.807) is 0 Å². The van der Waals surface area contributed by atoms with Gasteiger partial charge in [0.2, 0.25) is 0 Å². The van der Waals surface area contributed by atoms with E-state index < -0.39 is 22.1 Å². The quantitative estimate of drug-likeness (QED) is 0.675. The Labute approximate surface area is 114 Å². The van der Waals surface area contributed by atoms with Gasteiger partial charge in [-0.05, 0) is 30.9 Å². The highest BCUT2D eigenvalue weighted by atomic mass is 19.1. The number of nitro benzene ring substituents is 1. The highest BCUT2D eigenvalue weighted by Crippen LogP contribution is 2.35. The molecule has 1 aliphatic heterocycles. The van der Waals surface area contributed by atoms with E-state index in [2.05, 4.69) is 0 Å². The highest BCUT2D eigenvalue weighted by molar-refractivity contribution is 5.75. The number of hydrogen-bond donors (Lipinski definition) is 1. The summed E-state index contributed by atoms with van der Waals surface area (Å²) in [5.74, 6) is -1.71. The van der Waals surface area contributed by atoms with Crippen LogP contribution < -0.4 is 0 Å². The topological polar surface area (TPSA) is 89.7 Å². The van der Waals surface area contributed by atoms with Crippen LogP contribution in [0.4, 0.5) is 10.1 Å². The van der Waals surface area contributed by atoms with Gasteiger partial charge in [0.25, 0.3) is 5.69 Å². The van der Waals surface area contributed by atoms with E-state index in [4.69, 9.17) is 4.74 Å². The number of nitrogens with zero attached hydrogens (tertiary/aromatic N) is 1. The second-order valence-electron chi connectivity index (χ2n) is 4.95. The highest BCUT2D eigenvalue weighted by Gasteiger charge is 2.40. The van der Waals surface area contributed by atoms with Crippen molar-refractivity contribution in [3.63, 3.8) is 0 Å². The van der Waals surface area contributed by atoms with Crippen molar-refractivity contribution in [1.82, 2.24) is 0 Å². The predicted molar refractivity (Wildman–Crippen MR) is 66.9 cm³/mol. The zero-order valence-electron chi connectivity index (χ0n) is 10.7. The van der Waals surface area contributed by atoms with E-state index in [1.807, 2.05) is 0 Å². The number of carbonyl (C=O) groups is 1. The number of carboxylic acids is 1. The first-order valence-corrected chi connectivity index (χ1v) is 6.18. The molecule has 0 radical (unpaired) electrons. The molecule has 2 rings (SSSR count). The third kappa shape index (κ3) is 2.93. The maximum Gasteiger partial charge on any atom is 0.310 e. The molecule has 0 amide bonds. The maximum absolute atomic E-state index is 13.4. The molecule has 1 saturated heterocycles. The molecule has 0 aliphatic carbocycles. The SMILES string of the molecule is O=C(O)C1(Cc2cc(F)cc([N+](=O)[O-])c2)CCOCC1. The lowest BCUT2D eigenvalue weighted by Gasteiger charge is -2.33. The molecule has 0 atom stereocenters. The van der Waals surface area contributed by atoms with Gasteiger partial charge in [-0.3, -0.25) is 14.9 Å². The van der Waals surface area contributed by atoms with Gasteiger partial charge in [0, 0.05) is 19.3 Å². The third-order valence-electron chi connectivity index (χ3n) is 3.60. The Hall–Kier alpha value is -2.02. The fraction of sp³-hybridized carbons (Fsp3) is 0.462. The normalized spacial score (nSPS) is 17.6. The largest absolute Gasteiger partial charge is 0.481 e. The molecule has 0 spiro atoms. The number of nitro groups is 1. The number of hydrogen-bond acceptors (Lipinski definition) is 4. The molecule has 7 heteroatoms. The van der Waals surface area contributed by atoms with Gasteiger partial charge in [-0.25, -0.2) is 4.39 Å². The first-order chi connectivity index (χ1) is 9.43. The number of carboxylic acid groups (broad SMARTS) is 1. The smallest absolute Gasteiger partial charge is 0.310 e. The summed E-state index contributed by atoms with van der Waals surface area (Å²) in [6.45, 7) is 0.646. The molecule has 0 saturated carbocycles. The summed E-state index contributed by atoms with van der Waals surface area (Å²) < 4.78 is 18.5. The van der Waals surface area contributed by atoms with E-state index in [0.717, 1.165) is 12.1 Å². The predicted octanol–water partition coefficient (Wildman–Crippen LogP) is 2.16. The van der Waals surface area contributed by atoms with E-state index >= 15 is 0 Å². The van der Waals surface area contributed by atoms with E-state index in [9.17, 15) is 24.4 Å². The molecule has 0 unspecified atom stereocenters. The first kappa shape index (κ1) is 14.4. The van der Waals surface area contributed by atoms with Crippen LogP contribution in [-0.2, 0) is 16.0 Å². The van der Waals surface area contributed by atoms with Crippen molar-refractivity contribution in [3.05, 3.63) is 39.7 Å². The molecule has 1 aromatic carbocycles. The summed E-state index contributed by atoms with van der Waals surface area (Å²) in [5.41, 5.74) is -1.09. The Morgan fingerprint density at radius 3 is 2.60 bits per heavy atom. The Bertz CT molecular complexity index is 540. The molecule has 1 aliphatic rings. The number of halogens is 1. The Morgan fingerprint density at radius 1 is 1.40 bits per heavy atom. The van der Waals surface area contributed by atoms with Crippen LogP contribution in [0.25, 0.3) is 0 Å². The minimum Gasteiger partial charge on any atom is -0.481 e. The van der Waals surface area contributed by atoms with Crippen LogP contribution in [0.15, 0.2) is 18.2 Å². The minimum atomic E-state index is -1.04. The van der Waals surface area contributed by atoms with E-state index in [1.165, 1.54) is 6.07 Å². The number of aliphatic carboxylic acids is 1. The van der Waals surface area contributed by atoms with Gasteiger partial charge in [0.15, 0.2) is 0 Å². The molecule has 0 bridgehead atoms. The lowest BCUT2D eigenvalue weighted by atomic mass is 9.75. The lowest BCUT2D eigenvalue weighted by molar-refractivity contribution is -0.385. The Morgan fingerprint density at radius 2 is 2.05 bits per heavy atom. The molecule has 20 heavy (non-hydrogen) atoms. The van der Waals surface area contributed by atoms with Crippen LogP contribution in [-0.4, -0.2) is 29.2 Å². The summed E-state index contributed by atoms with van der Waals surface area (Å²) >= 11 is 0. The molecule has 1 fully saturated rings. The fourth-order valence-electron chi connectivity index (χ4n) is 2.46. The molecule has 6 nitrogen and oxygen atoms in total. The second kappa shape index (κ2) is 5.54. The van der Waals surface area contributed by atoms with Gasteiger partial charge in [-0.1, -0.05) is 0 Å². The zero-order valence-corrected chi connectivity index (χ0v) is 10.7. The molecular formula is C13H14FNO5. The average Bonchev–Trinajstić information content (AvgIpc) is 2.38. The number of ether oxygens (including phenoxy) is 1. The van der Waals surface area contributed by atoms with Gasteiger partial charge in [-0.15, -0.1) is 0 Å². The van der Waals surface area contributed by atoms with Crippen LogP contribution in [0, 0.1) is 21.3 Å². The van der Waals surface area contributed by atoms with Gasteiger partial charge >= 0.3 is 5.97 Å². The second-order valence-corrected chi connectivity index (χ2v) is 4.95. The van der Waals surface area contributed by atoms with Gasteiger partial charge < -0.3 is 9.84 Å². The van der Waals surface area contributed by atoms with Crippen LogP contribution >= 0.6 is 0 Å². The summed E-state index contributed by atoms with van der Waals surface area (Å²) in [5, 5.41) is 20.1. The first-order valence-electron chi connectivity index (χ1n) is 6.18. The van der Waals surface area contributed by atoms with Gasteiger partial charge in [0.05, 0.1) is 16.4 Å². The molecule has 1 aromatic rings. The summed E-state index contributed by atoms with van der Waals surface area (Å²) in [6, 6.07) is 3.19. The Balaban J connectivity index is 2.31. The van der Waals surface area contributed by atoms with Gasteiger partial charge in [0.1, 0.15) is 5.82 Å². The van der Waals surface area contributed by atoms with Crippen molar-refractivity contribution in [2.75, 3.05) is 13.2 Å². The van der Waals surface area contributed by atoms with Crippen LogP contribution in [0.1, 0.15) is 18.4 Å². The standard InChI is InChI=1S/C13H14FNO5/c14-10-5-9(6-11(7-10)15(18)19)8-13(12(16)17)1-3-20-4-2-13/h5-7H,1-4,8H2,(H,16,17). The molecular weight excluding hydrogens is 269 g/mol. The average molecular weight is 283 g/mol. The minimum absolute atomic E-state index is 0.0598. The van der Waals surface area contributed by atoms with Crippen LogP contribution in [0.2, 0.25) is 0 Å². The summed E-state index contributed by atoms with van der Waals surface area (Å²) in [4.78, 5) is 21.5. The zero-order chi connectivity index (χ0) is 14.8. The third-order valence-corrected chi connectivity index (χ3v) is 3.60. The van der Waals surface area contributed by atoms with Gasteiger partial charge in [-0.2, -0.15) is 0 Å². The fourth-order valence-corrected chi connectivity index (χ4v) is 2.46. The van der Waals surface area contributed by atoms with Crippen molar-refractivity contribution < 1.29 is 24.0 Å². The van der Waals surface area contributed by atoms with Crippen molar-refractivity contribution >= 4 is 11.7 Å². The molecule has 1 heterocycles. The summed E-state index contributed by atoms with van der Waals surface area (Å²) in [7, 11) is 0. The van der Waals surface area contributed by atoms with E-state index in [-0.39, 0.29) is 12.1 Å². The monoisotopic (exact) mass is 283 g/mol. The van der Waals surface area contributed by atoms with E-state index in [0.29, 0.717) is 31.6 Å². The lowest BCUT2D eigenvalue weighted by Crippen LogP contribution is -2.39. The Kier molecular flexibility index (Phi) is 3.99. The summed E-state index contributed by atoms with van der Waals surface area (Å²) in [6.07, 6.45) is 0.684. The van der Waals surface area contributed by atoms with Crippen molar-refractivity contribution in [2.24, 2.45) is 5.41 Å². The molecule has 1 N–H and O–H groups in total. The van der Waals surface area contributed by atoms with Crippen molar-refractivity contribution in [3.8, 4) is 0 Å². The maximum atomic E-state index is 13.4. The number of rotatable bonds is 4.